The van der Waals surface area contributed by atoms with Crippen molar-refractivity contribution in [3.05, 3.63) is 194 Å². The van der Waals surface area contributed by atoms with E-state index < -0.39 is 0 Å². The number of hydrogen-bond acceptors (Lipinski definition) is 8. The highest BCUT2D eigenvalue weighted by Gasteiger charge is 2.41. The minimum atomic E-state index is 0.751. The lowest BCUT2D eigenvalue weighted by molar-refractivity contribution is 0.935. The number of hydrogen-bond donors (Lipinski definition) is 0. The van der Waals surface area contributed by atoms with Crippen LogP contribution in [0.25, 0.3) is 67.4 Å². The summed E-state index contributed by atoms with van der Waals surface area (Å²) in [6, 6.07) is 64.5. The molecule has 0 amide bonds. The first-order valence-electron chi connectivity index (χ1n) is 22.8. The topological polar surface area (TPSA) is 74.4 Å². The Morgan fingerprint density at radius 1 is 0.309 bits per heavy atom. The van der Waals surface area contributed by atoms with Gasteiger partial charge in [-0.05, 0) is 83.9 Å². The second-order valence-electron chi connectivity index (χ2n) is 17.4. The molecule has 0 bridgehead atoms. The zero-order chi connectivity index (χ0) is 45.6. The fourth-order valence-corrected chi connectivity index (χ4v) is 10.6. The van der Waals surface area contributed by atoms with E-state index >= 15 is 0 Å². The Bertz CT molecular complexity index is 3690. The average Bonchev–Trinajstić information content (AvgIpc) is 3.91. The fraction of sp³-hybridized carbons (Fsp3) is 0.0690. The fourth-order valence-electron chi connectivity index (χ4n) is 10.6. The Hall–Kier alpha value is -9.02. The van der Waals surface area contributed by atoms with Gasteiger partial charge >= 0.3 is 0 Å². The summed E-state index contributed by atoms with van der Waals surface area (Å²) in [5.41, 5.74) is 19.4. The van der Waals surface area contributed by atoms with E-state index in [0.29, 0.717) is 0 Å². The van der Waals surface area contributed by atoms with Gasteiger partial charge in [0.1, 0.15) is 22.7 Å². The summed E-state index contributed by atoms with van der Waals surface area (Å²) in [7, 11) is 8.49. The van der Waals surface area contributed by atoms with Crippen molar-refractivity contribution < 1.29 is 0 Å². The van der Waals surface area contributed by atoms with Crippen molar-refractivity contribution in [2.75, 3.05) is 33.7 Å². The van der Waals surface area contributed by atoms with Crippen molar-refractivity contribution >= 4 is 79.2 Å². The number of fused-ring (bicyclic) bond motifs is 6. The van der Waals surface area contributed by atoms with Crippen LogP contribution in [0.2, 0.25) is 0 Å². The predicted octanol–water partition coefficient (Wildman–Crippen LogP) is 14.0. The highest BCUT2D eigenvalue weighted by atomic mass is 15.3. The van der Waals surface area contributed by atoms with Gasteiger partial charge in [0.2, 0.25) is 0 Å². The third-order valence-electron chi connectivity index (χ3n) is 13.7. The van der Waals surface area contributed by atoms with E-state index in [0.717, 1.165) is 124 Å². The lowest BCUT2D eigenvalue weighted by atomic mass is 9.82. The first-order valence-corrected chi connectivity index (χ1v) is 22.8. The summed E-state index contributed by atoms with van der Waals surface area (Å²) in [5, 5.41) is 0. The molecule has 10 nitrogen and oxygen atoms in total. The number of para-hydroxylation sites is 8. The maximum Gasteiger partial charge on any atom is 0.160 e. The average molecular weight is 881 g/mol. The number of aromatic nitrogens is 6. The Morgan fingerprint density at radius 3 is 1.04 bits per heavy atom. The minimum absolute atomic E-state index is 0.751. The standard InChI is InChI=1S/C58H44N10/c1-63-41-27-11-15-31-45(41)67(46-32-16-12-28-42(46)63)53-50(38-23-9-6-10-24-38)49(37-21-7-5-8-22-37)51(57-61-39-25-19-35-59-55(39)65(57)3)54(52(53)58-62-40-26-20-36-60-56(40)66(58)4)68-47-33-17-13-29-43(47)64(2)44-30-14-18-34-48(44)68/h5-36H,1-4H3. The van der Waals surface area contributed by atoms with Crippen molar-refractivity contribution in [1.82, 2.24) is 29.1 Å². The predicted molar refractivity (Wildman–Crippen MR) is 278 cm³/mol. The van der Waals surface area contributed by atoms with Gasteiger partial charge in [0.25, 0.3) is 0 Å². The Morgan fingerprint density at radius 2 is 0.647 bits per heavy atom. The van der Waals surface area contributed by atoms with Crippen LogP contribution < -0.4 is 19.6 Å². The van der Waals surface area contributed by atoms with Gasteiger partial charge in [0.05, 0.1) is 68.0 Å². The molecule has 0 N–H and O–H groups in total. The van der Waals surface area contributed by atoms with Crippen molar-refractivity contribution in [3.63, 3.8) is 0 Å². The summed E-state index contributed by atoms with van der Waals surface area (Å²) >= 11 is 0. The summed E-state index contributed by atoms with van der Waals surface area (Å²) in [6.45, 7) is 0. The van der Waals surface area contributed by atoms with Crippen molar-refractivity contribution in [2.45, 2.75) is 0 Å². The highest BCUT2D eigenvalue weighted by Crippen LogP contribution is 2.64. The minimum Gasteiger partial charge on any atom is -0.341 e. The molecule has 0 fully saturated rings. The Labute approximate surface area is 393 Å². The van der Waals surface area contributed by atoms with Crippen LogP contribution >= 0.6 is 0 Å². The zero-order valence-electron chi connectivity index (χ0n) is 37.9. The van der Waals surface area contributed by atoms with Crippen molar-refractivity contribution in [1.29, 1.82) is 0 Å². The molecule has 0 unspecified atom stereocenters. The first-order chi connectivity index (χ1) is 33.5. The Balaban J connectivity index is 1.36. The van der Waals surface area contributed by atoms with E-state index in [2.05, 4.69) is 227 Å². The second-order valence-corrected chi connectivity index (χ2v) is 17.4. The number of rotatable bonds is 6. The van der Waals surface area contributed by atoms with Gasteiger partial charge in [-0.2, -0.15) is 0 Å². The molecule has 4 aromatic heterocycles. The SMILES string of the molecule is CN1c2ccccc2N(c2c(-c3ccccc3)c(-c3ccccc3)c(-c3nc4cccnc4n3C)c(N3c4ccccc4N(C)c4ccccc43)c2-c2nc3cccnc3n2C)c2ccccc21. The molecule has 7 aromatic carbocycles. The number of imidazole rings is 2. The molecule has 68 heavy (non-hydrogen) atoms. The van der Waals surface area contributed by atoms with Gasteiger partial charge in [-0.25, -0.2) is 19.9 Å². The normalized spacial score (nSPS) is 12.9. The molecule has 0 aliphatic carbocycles. The van der Waals surface area contributed by atoms with E-state index in [1.807, 2.05) is 24.5 Å². The van der Waals surface area contributed by atoms with E-state index in [1.165, 1.54) is 0 Å². The van der Waals surface area contributed by atoms with Crippen molar-refractivity contribution in [2.24, 2.45) is 14.1 Å². The monoisotopic (exact) mass is 880 g/mol. The smallest absolute Gasteiger partial charge is 0.160 e. The van der Waals surface area contributed by atoms with Gasteiger partial charge in [-0.3, -0.25) is 0 Å². The molecular formula is C58H44N10. The number of pyridine rings is 2. The maximum atomic E-state index is 5.67. The van der Waals surface area contributed by atoms with Crippen LogP contribution in [0.1, 0.15) is 0 Å². The lowest BCUT2D eigenvalue weighted by Gasteiger charge is -2.44. The van der Waals surface area contributed by atoms with Crippen LogP contribution in [-0.2, 0) is 14.1 Å². The van der Waals surface area contributed by atoms with Gasteiger partial charge in [-0.1, -0.05) is 109 Å². The largest absolute Gasteiger partial charge is 0.341 e. The van der Waals surface area contributed by atoms with E-state index in [4.69, 9.17) is 19.9 Å². The zero-order valence-corrected chi connectivity index (χ0v) is 37.9. The lowest BCUT2D eigenvalue weighted by Crippen LogP contribution is -2.28. The van der Waals surface area contributed by atoms with Crippen LogP contribution in [0.15, 0.2) is 194 Å². The molecule has 6 heterocycles. The summed E-state index contributed by atoms with van der Waals surface area (Å²) in [6.07, 6.45) is 3.69. The molecule has 0 saturated heterocycles. The molecule has 2 aliphatic heterocycles. The van der Waals surface area contributed by atoms with E-state index in [-0.39, 0.29) is 0 Å². The van der Waals surface area contributed by atoms with Crippen LogP contribution in [-0.4, -0.2) is 43.2 Å². The molecule has 0 radical (unpaired) electrons. The number of aryl methyl sites for hydroxylation is 2. The molecular weight excluding hydrogens is 837 g/mol. The highest BCUT2D eigenvalue weighted by molar-refractivity contribution is 6.19. The summed E-state index contributed by atoms with van der Waals surface area (Å²) in [4.78, 5) is 30.8. The summed E-state index contributed by atoms with van der Waals surface area (Å²) < 4.78 is 4.32. The first kappa shape index (κ1) is 39.4. The van der Waals surface area contributed by atoms with Crippen molar-refractivity contribution in [3.8, 4) is 45.0 Å². The molecule has 0 saturated carbocycles. The van der Waals surface area contributed by atoms with Crippen LogP contribution in [0, 0.1) is 0 Å². The quantitative estimate of drug-likeness (QED) is 0.163. The van der Waals surface area contributed by atoms with Gasteiger partial charge in [0, 0.05) is 51.7 Å². The van der Waals surface area contributed by atoms with Crippen LogP contribution in [0.4, 0.5) is 56.9 Å². The molecule has 10 heteroatoms. The van der Waals surface area contributed by atoms with Crippen LogP contribution in [0.3, 0.4) is 0 Å². The summed E-state index contributed by atoms with van der Waals surface area (Å²) in [5.74, 6) is 1.52. The second kappa shape index (κ2) is 15.3. The van der Waals surface area contributed by atoms with E-state index in [1.54, 1.807) is 0 Å². The number of anilines is 10. The van der Waals surface area contributed by atoms with Gasteiger partial charge in [0.15, 0.2) is 11.3 Å². The number of nitrogens with zero attached hydrogens (tertiary/aromatic N) is 10. The third-order valence-corrected chi connectivity index (χ3v) is 13.7. The maximum absolute atomic E-state index is 5.67. The third kappa shape index (κ3) is 5.70. The Kier molecular flexibility index (Phi) is 8.85. The molecule has 13 rings (SSSR count). The van der Waals surface area contributed by atoms with Gasteiger partial charge < -0.3 is 28.7 Å². The molecule has 0 spiro atoms. The van der Waals surface area contributed by atoms with Crippen LogP contribution in [0.5, 0.6) is 0 Å². The molecule has 11 aromatic rings. The molecule has 326 valence electrons. The van der Waals surface area contributed by atoms with Gasteiger partial charge in [-0.15, -0.1) is 0 Å². The molecule has 0 atom stereocenters. The molecule has 2 aliphatic rings. The number of benzene rings is 7. The van der Waals surface area contributed by atoms with E-state index in [9.17, 15) is 0 Å².